The van der Waals surface area contributed by atoms with Crippen molar-refractivity contribution in [2.24, 2.45) is 0 Å². The fourth-order valence-corrected chi connectivity index (χ4v) is 5.19. The molecule has 0 unspecified atom stereocenters. The molecule has 192 valence electrons. The topological polar surface area (TPSA) is 71.6 Å². The Morgan fingerprint density at radius 2 is 1.51 bits per heavy atom. The number of aromatic nitrogens is 1. The van der Waals surface area contributed by atoms with Crippen LogP contribution in [0, 0.1) is 0 Å². The number of thioether (sulfide) groups is 1. The molecule has 0 radical (unpaired) electrons. The zero-order chi connectivity index (χ0) is 26.6. The maximum Gasteiger partial charge on any atom is 0.293 e. The lowest BCUT2D eigenvalue weighted by Crippen LogP contribution is -2.27. The van der Waals surface area contributed by atoms with E-state index < -0.39 is 0 Å². The summed E-state index contributed by atoms with van der Waals surface area (Å²) in [6.07, 6.45) is 3.60. The first-order valence-corrected chi connectivity index (χ1v) is 13.3. The number of imide groups is 1. The van der Waals surface area contributed by atoms with Gasteiger partial charge in [0, 0.05) is 22.7 Å². The Bertz CT molecular complexity index is 1680. The van der Waals surface area contributed by atoms with Crippen molar-refractivity contribution in [1.82, 2.24) is 9.88 Å². The molecular weight excluding hydrogens is 508 g/mol. The molecule has 2 amide bonds. The zero-order valence-electron chi connectivity index (χ0n) is 20.9. The van der Waals surface area contributed by atoms with Gasteiger partial charge in [0.25, 0.3) is 11.1 Å². The van der Waals surface area contributed by atoms with Gasteiger partial charge in [-0.2, -0.15) is 0 Å². The Labute approximate surface area is 229 Å². The van der Waals surface area contributed by atoms with Crippen LogP contribution in [0.3, 0.4) is 0 Å². The SMILES string of the molecule is O=C1SC(=Cc2c[nH]c3ccc(OCc4ccccc4)cc23)C(=O)N1Cc1cccc(Oc2ccccc2)c1. The number of ether oxygens (including phenoxy) is 2. The van der Waals surface area contributed by atoms with Gasteiger partial charge in [-0.3, -0.25) is 14.5 Å². The van der Waals surface area contributed by atoms with Crippen LogP contribution >= 0.6 is 11.8 Å². The molecular formula is C32H24N2O4S. The van der Waals surface area contributed by atoms with Crippen LogP contribution in [0.4, 0.5) is 4.79 Å². The second-order valence-electron chi connectivity index (χ2n) is 9.06. The highest BCUT2D eigenvalue weighted by molar-refractivity contribution is 8.18. The summed E-state index contributed by atoms with van der Waals surface area (Å²) in [5.41, 5.74) is 3.62. The molecule has 0 spiro atoms. The van der Waals surface area contributed by atoms with Gasteiger partial charge < -0.3 is 14.5 Å². The van der Waals surface area contributed by atoms with Crippen molar-refractivity contribution in [3.8, 4) is 17.2 Å². The number of H-pyrrole nitrogens is 1. The van der Waals surface area contributed by atoms with Crippen LogP contribution in [0.5, 0.6) is 17.2 Å². The number of carbonyl (C=O) groups excluding carboxylic acids is 2. The van der Waals surface area contributed by atoms with Gasteiger partial charge in [-0.1, -0.05) is 60.7 Å². The number of nitrogens with one attached hydrogen (secondary N) is 1. The third-order valence-corrected chi connectivity index (χ3v) is 7.22. The molecule has 5 aromatic rings. The van der Waals surface area contributed by atoms with Crippen LogP contribution in [0.1, 0.15) is 16.7 Å². The monoisotopic (exact) mass is 532 g/mol. The maximum atomic E-state index is 13.2. The second-order valence-corrected chi connectivity index (χ2v) is 10.0. The third-order valence-electron chi connectivity index (χ3n) is 6.31. The molecule has 6 rings (SSSR count). The van der Waals surface area contributed by atoms with E-state index >= 15 is 0 Å². The fourth-order valence-electron chi connectivity index (χ4n) is 4.36. The zero-order valence-corrected chi connectivity index (χ0v) is 21.7. The number of para-hydroxylation sites is 1. The quantitative estimate of drug-likeness (QED) is 0.207. The Morgan fingerprint density at radius 3 is 2.33 bits per heavy atom. The minimum absolute atomic E-state index is 0.166. The highest BCUT2D eigenvalue weighted by atomic mass is 32.2. The summed E-state index contributed by atoms with van der Waals surface area (Å²) in [4.78, 5) is 30.9. The molecule has 1 aliphatic heterocycles. The number of benzene rings is 4. The first-order chi connectivity index (χ1) is 19.1. The average molecular weight is 533 g/mol. The molecule has 0 saturated carbocycles. The predicted octanol–water partition coefficient (Wildman–Crippen LogP) is 7.78. The van der Waals surface area contributed by atoms with E-state index in [0.717, 1.165) is 50.9 Å². The van der Waals surface area contributed by atoms with Gasteiger partial charge in [0.1, 0.15) is 23.9 Å². The smallest absolute Gasteiger partial charge is 0.293 e. The summed E-state index contributed by atoms with van der Waals surface area (Å²) >= 11 is 0.949. The summed E-state index contributed by atoms with van der Waals surface area (Å²) < 4.78 is 11.9. The van der Waals surface area contributed by atoms with Crippen molar-refractivity contribution in [3.63, 3.8) is 0 Å². The van der Waals surface area contributed by atoms with Crippen molar-refractivity contribution in [1.29, 1.82) is 0 Å². The lowest BCUT2D eigenvalue weighted by molar-refractivity contribution is -0.123. The van der Waals surface area contributed by atoms with Crippen LogP contribution in [-0.2, 0) is 17.9 Å². The van der Waals surface area contributed by atoms with Gasteiger partial charge in [-0.25, -0.2) is 0 Å². The molecule has 0 bridgehead atoms. The molecule has 1 fully saturated rings. The van der Waals surface area contributed by atoms with Gasteiger partial charge in [-0.05, 0) is 71.4 Å². The number of fused-ring (bicyclic) bond motifs is 1. The molecule has 1 aliphatic rings. The van der Waals surface area contributed by atoms with Crippen molar-refractivity contribution < 1.29 is 19.1 Å². The standard InChI is InChI=1S/C32H24N2O4S/c35-31-30(17-24-19-33-29-15-14-26(18-28(24)29)37-21-22-8-3-1-4-9-22)39-32(36)34(31)20-23-10-7-13-27(16-23)38-25-11-5-2-6-12-25/h1-19,33H,20-21H2. The van der Waals surface area contributed by atoms with Crippen molar-refractivity contribution >= 4 is 39.9 Å². The molecule has 39 heavy (non-hydrogen) atoms. The number of rotatable bonds is 8. The normalized spacial score (nSPS) is 14.4. The minimum atomic E-state index is -0.315. The first-order valence-electron chi connectivity index (χ1n) is 12.5. The van der Waals surface area contributed by atoms with Gasteiger partial charge >= 0.3 is 0 Å². The number of hydrogen-bond acceptors (Lipinski definition) is 5. The van der Waals surface area contributed by atoms with Crippen LogP contribution in [0.15, 0.2) is 114 Å². The Morgan fingerprint density at radius 1 is 0.769 bits per heavy atom. The van der Waals surface area contributed by atoms with Gasteiger partial charge in [-0.15, -0.1) is 0 Å². The van der Waals surface area contributed by atoms with E-state index in [2.05, 4.69) is 4.98 Å². The first kappa shape index (κ1) is 24.6. The van der Waals surface area contributed by atoms with E-state index in [-0.39, 0.29) is 17.7 Å². The van der Waals surface area contributed by atoms with E-state index in [1.807, 2.05) is 109 Å². The number of amides is 2. The van der Waals surface area contributed by atoms with Crippen molar-refractivity contribution in [3.05, 3.63) is 131 Å². The summed E-state index contributed by atoms with van der Waals surface area (Å²) in [6.45, 7) is 0.627. The summed E-state index contributed by atoms with van der Waals surface area (Å²) in [6, 6.07) is 32.7. The summed E-state index contributed by atoms with van der Waals surface area (Å²) in [5.74, 6) is 1.78. The average Bonchev–Trinajstić information content (AvgIpc) is 3.48. The molecule has 7 heteroatoms. The Kier molecular flexibility index (Phi) is 6.89. The molecule has 1 saturated heterocycles. The fraction of sp³-hybridized carbons (Fsp3) is 0.0625. The molecule has 1 N–H and O–H groups in total. The maximum absolute atomic E-state index is 13.2. The van der Waals surface area contributed by atoms with Crippen LogP contribution in [0.2, 0.25) is 0 Å². The molecule has 2 heterocycles. The Balaban J connectivity index is 1.18. The van der Waals surface area contributed by atoms with Crippen molar-refractivity contribution in [2.75, 3.05) is 0 Å². The highest BCUT2D eigenvalue weighted by Gasteiger charge is 2.35. The van der Waals surface area contributed by atoms with E-state index in [4.69, 9.17) is 9.47 Å². The lowest BCUT2D eigenvalue weighted by Gasteiger charge is -2.13. The van der Waals surface area contributed by atoms with Crippen LogP contribution in [-0.4, -0.2) is 21.0 Å². The summed E-state index contributed by atoms with van der Waals surface area (Å²) in [5, 5.41) is 0.616. The van der Waals surface area contributed by atoms with E-state index in [1.165, 1.54) is 4.90 Å². The van der Waals surface area contributed by atoms with Gasteiger partial charge in [0.15, 0.2) is 0 Å². The van der Waals surface area contributed by atoms with Crippen LogP contribution < -0.4 is 9.47 Å². The van der Waals surface area contributed by atoms with Gasteiger partial charge in [0.2, 0.25) is 0 Å². The lowest BCUT2D eigenvalue weighted by atomic mass is 10.1. The molecule has 0 atom stereocenters. The molecule has 0 aliphatic carbocycles. The van der Waals surface area contributed by atoms with Crippen molar-refractivity contribution in [2.45, 2.75) is 13.2 Å². The van der Waals surface area contributed by atoms with E-state index in [1.54, 1.807) is 6.08 Å². The highest BCUT2D eigenvalue weighted by Crippen LogP contribution is 2.35. The number of nitrogens with zero attached hydrogens (tertiary/aromatic N) is 1. The summed E-state index contributed by atoms with van der Waals surface area (Å²) in [7, 11) is 0. The molecule has 1 aromatic heterocycles. The minimum Gasteiger partial charge on any atom is -0.489 e. The number of hydrogen-bond donors (Lipinski definition) is 1. The third kappa shape index (κ3) is 5.58. The van der Waals surface area contributed by atoms with E-state index in [0.29, 0.717) is 17.3 Å². The predicted molar refractivity (Wildman–Crippen MR) is 154 cm³/mol. The van der Waals surface area contributed by atoms with Crippen LogP contribution in [0.25, 0.3) is 17.0 Å². The molecule has 4 aromatic carbocycles. The second kappa shape index (κ2) is 10.9. The number of aromatic amines is 1. The Hall–Kier alpha value is -4.75. The largest absolute Gasteiger partial charge is 0.489 e. The number of carbonyl (C=O) groups is 2. The van der Waals surface area contributed by atoms with Gasteiger partial charge in [0.05, 0.1) is 11.4 Å². The van der Waals surface area contributed by atoms with E-state index in [9.17, 15) is 9.59 Å². The molecule has 6 nitrogen and oxygen atoms in total.